The van der Waals surface area contributed by atoms with Gasteiger partial charge >= 0.3 is 5.97 Å². The summed E-state index contributed by atoms with van der Waals surface area (Å²) >= 11 is 0. The van der Waals surface area contributed by atoms with Crippen molar-refractivity contribution in [3.8, 4) is 0 Å². The van der Waals surface area contributed by atoms with Crippen molar-refractivity contribution in [1.82, 2.24) is 0 Å². The largest absolute Gasteiger partial charge is 0.466 e. The Balaban J connectivity index is 2.06. The van der Waals surface area contributed by atoms with Crippen LogP contribution in [0.3, 0.4) is 0 Å². The van der Waals surface area contributed by atoms with Gasteiger partial charge in [0, 0.05) is 0 Å². The Bertz CT molecular complexity index is 641. The van der Waals surface area contributed by atoms with Crippen molar-refractivity contribution in [1.29, 1.82) is 0 Å². The third kappa shape index (κ3) is 3.73. The smallest absolute Gasteiger partial charge is 0.313 e. The summed E-state index contributed by atoms with van der Waals surface area (Å²) in [5.74, 6) is -0.567. The molecule has 0 aliphatic heterocycles. The van der Waals surface area contributed by atoms with E-state index in [1.54, 1.807) is 37.3 Å². The predicted molar refractivity (Wildman–Crippen MR) is 80.7 cm³/mol. The number of carbonyl (C=O) groups is 1. The van der Waals surface area contributed by atoms with Crippen molar-refractivity contribution in [2.75, 3.05) is 12.4 Å². The van der Waals surface area contributed by atoms with E-state index in [2.05, 4.69) is 0 Å². The van der Waals surface area contributed by atoms with Gasteiger partial charge in [0.05, 0.1) is 23.2 Å². The van der Waals surface area contributed by atoms with Crippen LogP contribution in [-0.2, 0) is 19.4 Å². The van der Waals surface area contributed by atoms with Gasteiger partial charge in [0.2, 0.25) is 0 Å². The van der Waals surface area contributed by atoms with Crippen LogP contribution in [0.4, 0.5) is 0 Å². The molecule has 1 fully saturated rings. The van der Waals surface area contributed by atoms with Crippen LogP contribution < -0.4 is 0 Å². The highest BCUT2D eigenvalue weighted by Gasteiger charge is 2.32. The standard InChI is InChI=1S/C16H20O4S/c1-3-20-16(17)15-9-6-13(15)10-11-21(18,19)14-7-4-12(2)5-8-14/h4-5,7-8,10,15H,3,6,9,11H2,1-2H3/b13-10+. The van der Waals surface area contributed by atoms with E-state index in [-0.39, 0.29) is 17.6 Å². The first-order chi connectivity index (χ1) is 9.94. The minimum absolute atomic E-state index is 0.0682. The lowest BCUT2D eigenvalue weighted by atomic mass is 9.79. The number of esters is 1. The predicted octanol–water partition coefficient (Wildman–Crippen LogP) is 2.67. The summed E-state index contributed by atoms with van der Waals surface area (Å²) in [5.41, 5.74) is 1.90. The third-order valence-electron chi connectivity index (χ3n) is 3.69. The molecule has 114 valence electrons. The molecule has 1 unspecified atom stereocenters. The summed E-state index contributed by atoms with van der Waals surface area (Å²) in [4.78, 5) is 12.0. The molecule has 1 aliphatic carbocycles. The van der Waals surface area contributed by atoms with E-state index in [4.69, 9.17) is 4.74 Å². The van der Waals surface area contributed by atoms with Crippen molar-refractivity contribution >= 4 is 15.8 Å². The number of benzene rings is 1. The first-order valence-corrected chi connectivity index (χ1v) is 8.74. The van der Waals surface area contributed by atoms with Gasteiger partial charge in [0.1, 0.15) is 0 Å². The van der Waals surface area contributed by atoms with E-state index < -0.39 is 9.84 Å². The Morgan fingerprint density at radius 3 is 2.52 bits per heavy atom. The number of hydrogen-bond donors (Lipinski definition) is 0. The summed E-state index contributed by atoms with van der Waals surface area (Å²) in [6.07, 6.45) is 3.18. The molecule has 0 saturated heterocycles. The summed E-state index contributed by atoms with van der Waals surface area (Å²) < 4.78 is 29.4. The van der Waals surface area contributed by atoms with Crippen LogP contribution in [0.25, 0.3) is 0 Å². The molecular weight excluding hydrogens is 288 g/mol. The second kappa shape index (κ2) is 6.43. The van der Waals surface area contributed by atoms with E-state index in [0.29, 0.717) is 11.5 Å². The van der Waals surface area contributed by atoms with Gasteiger partial charge in [-0.25, -0.2) is 8.42 Å². The molecule has 2 rings (SSSR count). The minimum Gasteiger partial charge on any atom is -0.466 e. The fourth-order valence-corrected chi connectivity index (χ4v) is 3.45. The summed E-state index contributed by atoms with van der Waals surface area (Å²) in [6, 6.07) is 6.80. The van der Waals surface area contributed by atoms with Crippen LogP contribution in [0.15, 0.2) is 40.8 Å². The highest BCUT2D eigenvalue weighted by molar-refractivity contribution is 7.91. The topological polar surface area (TPSA) is 60.4 Å². The van der Waals surface area contributed by atoms with Crippen molar-refractivity contribution < 1.29 is 17.9 Å². The Labute approximate surface area is 125 Å². The van der Waals surface area contributed by atoms with E-state index in [9.17, 15) is 13.2 Å². The molecular formula is C16H20O4S. The van der Waals surface area contributed by atoms with Crippen molar-refractivity contribution in [3.05, 3.63) is 41.5 Å². The third-order valence-corrected chi connectivity index (χ3v) is 5.28. The van der Waals surface area contributed by atoms with Crippen molar-refractivity contribution in [2.45, 2.75) is 31.6 Å². The number of rotatable bonds is 5. The fraction of sp³-hybridized carbons (Fsp3) is 0.438. The molecule has 0 bridgehead atoms. The maximum atomic E-state index is 12.2. The number of carbonyl (C=O) groups excluding carboxylic acids is 1. The Morgan fingerprint density at radius 1 is 1.33 bits per heavy atom. The van der Waals surface area contributed by atoms with Crippen LogP contribution >= 0.6 is 0 Å². The average molecular weight is 308 g/mol. The van der Waals surface area contributed by atoms with Gasteiger partial charge in [0.15, 0.2) is 9.84 Å². The van der Waals surface area contributed by atoms with Crippen LogP contribution in [0.1, 0.15) is 25.3 Å². The van der Waals surface area contributed by atoms with Crippen molar-refractivity contribution in [3.63, 3.8) is 0 Å². The Hall–Kier alpha value is -1.62. The summed E-state index contributed by atoms with van der Waals surface area (Å²) in [6.45, 7) is 4.03. The molecule has 1 aromatic rings. The summed E-state index contributed by atoms with van der Waals surface area (Å²) in [5, 5.41) is 0. The first kappa shape index (κ1) is 15.8. The van der Waals surface area contributed by atoms with Crippen LogP contribution in [-0.4, -0.2) is 26.7 Å². The van der Waals surface area contributed by atoms with Gasteiger partial charge in [-0.15, -0.1) is 0 Å². The molecule has 5 heteroatoms. The normalized spacial score (nSPS) is 20.1. The van der Waals surface area contributed by atoms with Gasteiger partial charge in [-0.3, -0.25) is 4.79 Å². The molecule has 0 spiro atoms. The quantitative estimate of drug-likeness (QED) is 0.620. The lowest BCUT2D eigenvalue weighted by molar-refractivity contribution is -0.148. The molecule has 1 atom stereocenters. The average Bonchev–Trinajstić information content (AvgIpc) is 2.38. The zero-order valence-corrected chi connectivity index (χ0v) is 13.2. The molecule has 0 N–H and O–H groups in total. The van der Waals surface area contributed by atoms with Gasteiger partial charge in [-0.1, -0.05) is 29.3 Å². The molecule has 0 amide bonds. The zero-order valence-electron chi connectivity index (χ0n) is 12.3. The maximum Gasteiger partial charge on any atom is 0.313 e. The number of sulfone groups is 1. The minimum atomic E-state index is -3.34. The molecule has 21 heavy (non-hydrogen) atoms. The van der Waals surface area contributed by atoms with E-state index in [0.717, 1.165) is 24.0 Å². The van der Waals surface area contributed by atoms with Crippen LogP contribution in [0.2, 0.25) is 0 Å². The monoisotopic (exact) mass is 308 g/mol. The van der Waals surface area contributed by atoms with E-state index in [1.807, 2.05) is 6.92 Å². The fourth-order valence-electron chi connectivity index (χ4n) is 2.27. The molecule has 1 saturated carbocycles. The molecule has 1 aliphatic rings. The van der Waals surface area contributed by atoms with Gasteiger partial charge in [-0.05, 0) is 38.8 Å². The van der Waals surface area contributed by atoms with Crippen LogP contribution in [0, 0.1) is 12.8 Å². The maximum absolute atomic E-state index is 12.2. The molecule has 0 radical (unpaired) electrons. The molecule has 0 aromatic heterocycles. The Kier molecular flexibility index (Phi) is 4.83. The lowest BCUT2D eigenvalue weighted by Crippen LogP contribution is -2.27. The van der Waals surface area contributed by atoms with Gasteiger partial charge in [-0.2, -0.15) is 0 Å². The number of ether oxygens (including phenoxy) is 1. The second-order valence-corrected chi connectivity index (χ2v) is 7.25. The van der Waals surface area contributed by atoms with Crippen LogP contribution in [0.5, 0.6) is 0 Å². The number of aryl methyl sites for hydroxylation is 1. The number of hydrogen-bond acceptors (Lipinski definition) is 4. The lowest BCUT2D eigenvalue weighted by Gasteiger charge is -2.27. The Morgan fingerprint density at radius 2 is 2.00 bits per heavy atom. The molecule has 0 heterocycles. The molecule has 4 nitrogen and oxygen atoms in total. The highest BCUT2D eigenvalue weighted by atomic mass is 32.2. The SMILES string of the molecule is CCOC(=O)C1CC/C1=C\CS(=O)(=O)c1ccc(C)cc1. The zero-order chi connectivity index (χ0) is 15.5. The second-order valence-electron chi connectivity index (χ2n) is 5.22. The van der Waals surface area contributed by atoms with E-state index >= 15 is 0 Å². The van der Waals surface area contributed by atoms with Gasteiger partial charge < -0.3 is 4.74 Å². The highest BCUT2D eigenvalue weighted by Crippen LogP contribution is 2.34. The van der Waals surface area contributed by atoms with Crippen molar-refractivity contribution in [2.24, 2.45) is 5.92 Å². The van der Waals surface area contributed by atoms with E-state index in [1.165, 1.54) is 0 Å². The molecule has 1 aromatic carbocycles. The van der Waals surface area contributed by atoms with Gasteiger partial charge in [0.25, 0.3) is 0 Å². The summed E-state index contributed by atoms with van der Waals surface area (Å²) in [7, 11) is -3.34. The first-order valence-electron chi connectivity index (χ1n) is 7.09.